The Bertz CT molecular complexity index is 612. The van der Waals surface area contributed by atoms with Crippen molar-refractivity contribution in [1.82, 2.24) is 15.3 Å². The van der Waals surface area contributed by atoms with E-state index in [1.54, 1.807) is 0 Å². The standard InChI is InChI=1S/C18H25N3/c1-13-7-6-8-15(9-13)11-17-20-14(2)10-16(21-17)12-19-18(3,4)5/h6-10,19H,11-12H2,1-5H3. The highest BCUT2D eigenvalue weighted by Crippen LogP contribution is 2.10. The van der Waals surface area contributed by atoms with Gasteiger partial charge in [0.2, 0.25) is 0 Å². The Morgan fingerprint density at radius 1 is 1.05 bits per heavy atom. The van der Waals surface area contributed by atoms with Gasteiger partial charge in [-0.15, -0.1) is 0 Å². The van der Waals surface area contributed by atoms with E-state index in [0.717, 1.165) is 30.2 Å². The minimum Gasteiger partial charge on any atom is -0.306 e. The van der Waals surface area contributed by atoms with E-state index in [2.05, 4.69) is 73.3 Å². The second-order valence-corrected chi connectivity index (χ2v) is 6.69. The summed E-state index contributed by atoms with van der Waals surface area (Å²) in [5.41, 5.74) is 4.71. The minimum atomic E-state index is 0.0928. The molecule has 0 bridgehead atoms. The third-order valence-corrected chi connectivity index (χ3v) is 3.20. The molecule has 0 saturated heterocycles. The Morgan fingerprint density at radius 2 is 1.81 bits per heavy atom. The highest BCUT2D eigenvalue weighted by atomic mass is 15.0. The molecular formula is C18H25N3. The SMILES string of the molecule is Cc1cccc(Cc2nc(C)cc(CNC(C)(C)C)n2)c1. The molecule has 0 aliphatic heterocycles. The van der Waals surface area contributed by atoms with E-state index < -0.39 is 0 Å². The van der Waals surface area contributed by atoms with Gasteiger partial charge in [-0.3, -0.25) is 0 Å². The second kappa shape index (κ2) is 6.35. The van der Waals surface area contributed by atoms with Gasteiger partial charge in [0.25, 0.3) is 0 Å². The largest absolute Gasteiger partial charge is 0.306 e. The maximum atomic E-state index is 4.69. The van der Waals surface area contributed by atoms with E-state index in [0.29, 0.717) is 0 Å². The molecule has 3 nitrogen and oxygen atoms in total. The van der Waals surface area contributed by atoms with Crippen LogP contribution in [-0.4, -0.2) is 15.5 Å². The van der Waals surface area contributed by atoms with E-state index in [1.165, 1.54) is 11.1 Å². The Hall–Kier alpha value is -1.74. The molecule has 0 unspecified atom stereocenters. The summed E-state index contributed by atoms with van der Waals surface area (Å²) >= 11 is 0. The number of nitrogens with one attached hydrogen (secondary N) is 1. The summed E-state index contributed by atoms with van der Waals surface area (Å²) in [4.78, 5) is 9.25. The Morgan fingerprint density at radius 3 is 2.48 bits per heavy atom. The molecule has 0 fully saturated rings. The number of aromatic nitrogens is 2. The van der Waals surface area contributed by atoms with Crippen LogP contribution in [0.25, 0.3) is 0 Å². The third kappa shape index (κ3) is 5.27. The zero-order chi connectivity index (χ0) is 15.5. The highest BCUT2D eigenvalue weighted by Gasteiger charge is 2.10. The minimum absolute atomic E-state index is 0.0928. The molecule has 21 heavy (non-hydrogen) atoms. The second-order valence-electron chi connectivity index (χ2n) is 6.69. The molecule has 1 heterocycles. The van der Waals surface area contributed by atoms with E-state index >= 15 is 0 Å². The van der Waals surface area contributed by atoms with Gasteiger partial charge < -0.3 is 5.32 Å². The Kier molecular flexibility index (Phi) is 4.73. The molecule has 0 amide bonds. The van der Waals surface area contributed by atoms with Crippen molar-refractivity contribution in [2.75, 3.05) is 0 Å². The van der Waals surface area contributed by atoms with Crippen molar-refractivity contribution >= 4 is 0 Å². The van der Waals surface area contributed by atoms with Crippen LogP contribution < -0.4 is 5.32 Å². The average Bonchev–Trinajstić information content (AvgIpc) is 2.35. The molecule has 1 aromatic heterocycles. The highest BCUT2D eigenvalue weighted by molar-refractivity contribution is 5.25. The number of nitrogens with zero attached hydrogens (tertiary/aromatic N) is 2. The predicted octanol–water partition coefficient (Wildman–Crippen LogP) is 3.57. The lowest BCUT2D eigenvalue weighted by molar-refractivity contribution is 0.420. The molecule has 0 aliphatic carbocycles. The average molecular weight is 283 g/mol. The smallest absolute Gasteiger partial charge is 0.133 e. The molecule has 2 aromatic rings. The summed E-state index contributed by atoms with van der Waals surface area (Å²) in [5.74, 6) is 0.895. The summed E-state index contributed by atoms with van der Waals surface area (Å²) < 4.78 is 0. The van der Waals surface area contributed by atoms with Gasteiger partial charge in [-0.05, 0) is 46.2 Å². The summed E-state index contributed by atoms with van der Waals surface area (Å²) in [6.07, 6.45) is 0.784. The van der Waals surface area contributed by atoms with Crippen LogP contribution in [-0.2, 0) is 13.0 Å². The first kappa shape index (κ1) is 15.6. The fourth-order valence-corrected chi connectivity index (χ4v) is 2.23. The van der Waals surface area contributed by atoms with Gasteiger partial charge in [0.15, 0.2) is 0 Å². The number of hydrogen-bond acceptors (Lipinski definition) is 3. The third-order valence-electron chi connectivity index (χ3n) is 3.20. The van der Waals surface area contributed by atoms with Gasteiger partial charge in [0.1, 0.15) is 5.82 Å². The van der Waals surface area contributed by atoms with Crippen LogP contribution in [0.4, 0.5) is 0 Å². The zero-order valence-corrected chi connectivity index (χ0v) is 13.7. The summed E-state index contributed by atoms with van der Waals surface area (Å²) in [7, 11) is 0. The molecule has 1 N–H and O–H groups in total. The first-order valence-corrected chi connectivity index (χ1v) is 7.46. The van der Waals surface area contributed by atoms with Crippen molar-refractivity contribution in [3.8, 4) is 0 Å². The maximum absolute atomic E-state index is 4.69. The van der Waals surface area contributed by atoms with Gasteiger partial charge in [-0.1, -0.05) is 29.8 Å². The summed E-state index contributed by atoms with van der Waals surface area (Å²) in [5, 5.41) is 3.48. The molecule has 112 valence electrons. The van der Waals surface area contributed by atoms with Gasteiger partial charge in [-0.2, -0.15) is 0 Å². The molecule has 0 spiro atoms. The van der Waals surface area contributed by atoms with Crippen LogP contribution >= 0.6 is 0 Å². The molecule has 0 saturated carbocycles. The number of rotatable bonds is 4. The molecule has 0 atom stereocenters. The van der Waals surface area contributed by atoms with Crippen molar-refractivity contribution in [3.63, 3.8) is 0 Å². The molecule has 0 aliphatic rings. The topological polar surface area (TPSA) is 37.8 Å². The molecule has 0 radical (unpaired) electrons. The number of hydrogen-bond donors (Lipinski definition) is 1. The van der Waals surface area contributed by atoms with Crippen LogP contribution in [0.2, 0.25) is 0 Å². The Labute approximate surface area is 127 Å². The number of benzene rings is 1. The lowest BCUT2D eigenvalue weighted by atomic mass is 10.1. The van der Waals surface area contributed by atoms with Gasteiger partial charge in [0.05, 0.1) is 5.69 Å². The van der Waals surface area contributed by atoms with Crippen molar-refractivity contribution in [3.05, 3.63) is 58.7 Å². The lowest BCUT2D eigenvalue weighted by Crippen LogP contribution is -2.35. The fraction of sp³-hybridized carbons (Fsp3) is 0.444. The molecule has 1 aromatic carbocycles. The van der Waals surface area contributed by atoms with Crippen LogP contribution in [0.3, 0.4) is 0 Å². The summed E-state index contributed by atoms with van der Waals surface area (Å²) in [6, 6.07) is 10.6. The first-order valence-electron chi connectivity index (χ1n) is 7.46. The normalized spacial score (nSPS) is 11.7. The van der Waals surface area contributed by atoms with E-state index in [4.69, 9.17) is 0 Å². The van der Waals surface area contributed by atoms with E-state index in [1.807, 2.05) is 6.92 Å². The van der Waals surface area contributed by atoms with Gasteiger partial charge in [0, 0.05) is 24.2 Å². The van der Waals surface area contributed by atoms with Crippen molar-refractivity contribution in [2.45, 2.75) is 53.1 Å². The van der Waals surface area contributed by atoms with Crippen LogP contribution in [0.5, 0.6) is 0 Å². The van der Waals surface area contributed by atoms with Crippen molar-refractivity contribution in [1.29, 1.82) is 0 Å². The number of aryl methyl sites for hydroxylation is 2. The van der Waals surface area contributed by atoms with Crippen LogP contribution in [0.1, 0.15) is 49.1 Å². The van der Waals surface area contributed by atoms with Crippen molar-refractivity contribution < 1.29 is 0 Å². The molecule has 3 heteroatoms. The van der Waals surface area contributed by atoms with Crippen molar-refractivity contribution in [2.24, 2.45) is 0 Å². The fourth-order valence-electron chi connectivity index (χ4n) is 2.23. The molecular weight excluding hydrogens is 258 g/mol. The van der Waals surface area contributed by atoms with Crippen LogP contribution in [0.15, 0.2) is 30.3 Å². The Balaban J connectivity index is 2.15. The quantitative estimate of drug-likeness (QED) is 0.932. The van der Waals surface area contributed by atoms with Crippen LogP contribution in [0, 0.1) is 13.8 Å². The van der Waals surface area contributed by atoms with Gasteiger partial charge >= 0.3 is 0 Å². The van der Waals surface area contributed by atoms with E-state index in [-0.39, 0.29) is 5.54 Å². The van der Waals surface area contributed by atoms with Gasteiger partial charge in [-0.25, -0.2) is 9.97 Å². The predicted molar refractivity (Wildman–Crippen MR) is 87.3 cm³/mol. The molecule has 2 rings (SSSR count). The monoisotopic (exact) mass is 283 g/mol. The summed E-state index contributed by atoms with van der Waals surface area (Å²) in [6.45, 7) is 11.4. The maximum Gasteiger partial charge on any atom is 0.133 e. The van der Waals surface area contributed by atoms with E-state index in [9.17, 15) is 0 Å². The lowest BCUT2D eigenvalue weighted by Gasteiger charge is -2.20. The zero-order valence-electron chi connectivity index (χ0n) is 13.7. The first-order chi connectivity index (χ1) is 9.82.